The molecule has 0 bridgehead atoms. The van der Waals surface area contributed by atoms with Gasteiger partial charge in [-0.2, -0.15) is 0 Å². The highest BCUT2D eigenvalue weighted by Gasteiger charge is 2.15. The van der Waals surface area contributed by atoms with Crippen LogP contribution in [0.2, 0.25) is 0 Å². The number of nitrogens with zero attached hydrogens (tertiary/aromatic N) is 1. The molecule has 110 valence electrons. The first kappa shape index (κ1) is 14.0. The Balaban J connectivity index is 1.82. The summed E-state index contributed by atoms with van der Waals surface area (Å²) < 4.78 is 0. The fourth-order valence-corrected chi connectivity index (χ4v) is 2.89. The maximum atomic E-state index is 10.6. The van der Waals surface area contributed by atoms with Gasteiger partial charge in [0.2, 0.25) is 0 Å². The number of hydrogen-bond acceptors (Lipinski definition) is 3. The van der Waals surface area contributed by atoms with Crippen LogP contribution in [0.3, 0.4) is 0 Å². The second-order valence-corrected chi connectivity index (χ2v) is 5.56. The molecule has 3 nitrogen and oxygen atoms in total. The van der Waals surface area contributed by atoms with Crippen LogP contribution < -0.4 is 10.2 Å². The summed E-state index contributed by atoms with van der Waals surface area (Å²) >= 11 is 0. The van der Waals surface area contributed by atoms with Gasteiger partial charge in [0.1, 0.15) is 6.10 Å². The van der Waals surface area contributed by atoms with E-state index in [-0.39, 0.29) is 0 Å². The predicted molar refractivity (Wildman–Crippen MR) is 87.9 cm³/mol. The number of benzene rings is 2. The molecule has 0 saturated carbocycles. The van der Waals surface area contributed by atoms with Crippen LogP contribution in [0.4, 0.5) is 11.4 Å². The lowest BCUT2D eigenvalue weighted by molar-refractivity contribution is 0.220. The summed E-state index contributed by atoms with van der Waals surface area (Å²) in [6.07, 6.45) is 1.95. The lowest BCUT2D eigenvalue weighted by Gasteiger charge is -2.20. The van der Waals surface area contributed by atoms with E-state index in [0.29, 0.717) is 0 Å². The van der Waals surface area contributed by atoms with E-state index in [2.05, 4.69) is 22.3 Å². The van der Waals surface area contributed by atoms with E-state index in [0.717, 1.165) is 29.9 Å². The minimum Gasteiger partial charge on any atom is -0.388 e. The van der Waals surface area contributed by atoms with Crippen molar-refractivity contribution >= 4 is 11.4 Å². The number of nitrogens with one attached hydrogen (secondary N) is 1. The second kappa shape index (κ2) is 6.19. The van der Waals surface area contributed by atoms with Crippen molar-refractivity contribution in [2.75, 3.05) is 30.4 Å². The first-order valence-electron chi connectivity index (χ1n) is 7.58. The van der Waals surface area contributed by atoms with Gasteiger partial charge >= 0.3 is 0 Å². The number of aliphatic hydroxyl groups is 1. The lowest BCUT2D eigenvalue weighted by atomic mass is 10.0. The molecule has 1 fully saturated rings. The van der Waals surface area contributed by atoms with Gasteiger partial charge in [0.25, 0.3) is 0 Å². The van der Waals surface area contributed by atoms with Crippen LogP contribution in [0.5, 0.6) is 0 Å². The molecule has 0 aliphatic carbocycles. The lowest BCUT2D eigenvalue weighted by Crippen LogP contribution is -2.17. The van der Waals surface area contributed by atoms with Crippen molar-refractivity contribution in [1.82, 2.24) is 0 Å². The number of aliphatic hydroxyl groups excluding tert-OH is 1. The second-order valence-electron chi connectivity index (χ2n) is 5.56. The van der Waals surface area contributed by atoms with Crippen molar-refractivity contribution in [3.63, 3.8) is 0 Å². The zero-order valence-electron chi connectivity index (χ0n) is 12.4. The molecule has 2 N–H and O–H groups in total. The molecule has 3 rings (SSSR count). The molecule has 0 aromatic heterocycles. The van der Waals surface area contributed by atoms with E-state index in [1.807, 2.05) is 43.4 Å². The minimum absolute atomic E-state index is 0.571. The molecule has 2 aromatic carbocycles. The molecule has 3 heteroatoms. The Morgan fingerprint density at radius 1 is 1.00 bits per heavy atom. The van der Waals surface area contributed by atoms with Gasteiger partial charge in [-0.1, -0.05) is 24.3 Å². The van der Waals surface area contributed by atoms with Crippen molar-refractivity contribution in [2.24, 2.45) is 0 Å². The third-order valence-electron chi connectivity index (χ3n) is 4.17. The summed E-state index contributed by atoms with van der Waals surface area (Å²) in [6.45, 7) is 2.24. The number of anilines is 2. The Morgan fingerprint density at radius 3 is 2.38 bits per heavy atom. The van der Waals surface area contributed by atoms with Gasteiger partial charge in [0, 0.05) is 31.5 Å². The molecule has 1 atom stereocenters. The molecule has 0 spiro atoms. The molecule has 1 heterocycles. The molecule has 2 aromatic rings. The third kappa shape index (κ3) is 3.03. The van der Waals surface area contributed by atoms with Crippen molar-refractivity contribution in [3.8, 4) is 0 Å². The van der Waals surface area contributed by atoms with Crippen LogP contribution >= 0.6 is 0 Å². The van der Waals surface area contributed by atoms with Gasteiger partial charge < -0.3 is 15.3 Å². The number of rotatable bonds is 4. The van der Waals surface area contributed by atoms with Gasteiger partial charge in [0.15, 0.2) is 0 Å². The van der Waals surface area contributed by atoms with Gasteiger partial charge in [0.05, 0.1) is 0 Å². The normalized spacial score (nSPS) is 16.0. The smallest absolute Gasteiger partial charge is 0.104 e. The fraction of sp³-hybridized carbons (Fsp3) is 0.333. The van der Waals surface area contributed by atoms with E-state index in [1.165, 1.54) is 18.5 Å². The average molecular weight is 282 g/mol. The standard InChI is InChI=1S/C18H22N2O/c1-19-16-9-7-14(8-10-16)18(21)15-5-4-6-17(13-15)20-11-2-3-12-20/h4-10,13,18-19,21H,2-3,11-12H2,1H3. The summed E-state index contributed by atoms with van der Waals surface area (Å²) in [6, 6.07) is 16.2. The predicted octanol–water partition coefficient (Wildman–Crippen LogP) is 3.41. The highest BCUT2D eigenvalue weighted by Crippen LogP contribution is 2.28. The van der Waals surface area contributed by atoms with E-state index >= 15 is 0 Å². The van der Waals surface area contributed by atoms with Crippen molar-refractivity contribution in [2.45, 2.75) is 18.9 Å². The van der Waals surface area contributed by atoms with Crippen molar-refractivity contribution in [3.05, 3.63) is 59.7 Å². The molecule has 1 saturated heterocycles. The van der Waals surface area contributed by atoms with Crippen molar-refractivity contribution in [1.29, 1.82) is 0 Å². The SMILES string of the molecule is CNc1ccc(C(O)c2cccc(N3CCCC3)c2)cc1. The topological polar surface area (TPSA) is 35.5 Å². The molecular formula is C18H22N2O. The van der Waals surface area contributed by atoms with E-state index in [4.69, 9.17) is 0 Å². The molecule has 1 unspecified atom stereocenters. The monoisotopic (exact) mass is 282 g/mol. The summed E-state index contributed by atoms with van der Waals surface area (Å²) in [7, 11) is 1.89. The van der Waals surface area contributed by atoms with Gasteiger partial charge in [-0.25, -0.2) is 0 Å². The van der Waals surface area contributed by atoms with Crippen LogP contribution in [0, 0.1) is 0 Å². The highest BCUT2D eigenvalue weighted by atomic mass is 16.3. The van der Waals surface area contributed by atoms with Gasteiger partial charge in [-0.05, 0) is 48.2 Å². The Labute approximate surface area is 126 Å². The maximum absolute atomic E-state index is 10.6. The zero-order chi connectivity index (χ0) is 14.7. The molecule has 0 amide bonds. The van der Waals surface area contributed by atoms with E-state index < -0.39 is 6.10 Å². The van der Waals surface area contributed by atoms with Crippen LogP contribution in [0.25, 0.3) is 0 Å². The van der Waals surface area contributed by atoms with Crippen LogP contribution in [-0.2, 0) is 0 Å². The maximum Gasteiger partial charge on any atom is 0.104 e. The summed E-state index contributed by atoms with van der Waals surface area (Å²) in [5.41, 5.74) is 4.15. The molecule has 21 heavy (non-hydrogen) atoms. The summed E-state index contributed by atoms with van der Waals surface area (Å²) in [4.78, 5) is 2.39. The summed E-state index contributed by atoms with van der Waals surface area (Å²) in [5, 5.41) is 13.7. The Kier molecular flexibility index (Phi) is 4.11. The Bertz CT molecular complexity index is 588. The van der Waals surface area contributed by atoms with Crippen LogP contribution in [0.1, 0.15) is 30.1 Å². The molecular weight excluding hydrogens is 260 g/mol. The fourth-order valence-electron chi connectivity index (χ4n) is 2.89. The first-order valence-corrected chi connectivity index (χ1v) is 7.58. The Hall–Kier alpha value is -2.00. The third-order valence-corrected chi connectivity index (χ3v) is 4.17. The van der Waals surface area contributed by atoms with Crippen LogP contribution in [0.15, 0.2) is 48.5 Å². The van der Waals surface area contributed by atoms with Gasteiger partial charge in [-0.15, -0.1) is 0 Å². The number of hydrogen-bond donors (Lipinski definition) is 2. The summed E-state index contributed by atoms with van der Waals surface area (Å²) in [5.74, 6) is 0. The zero-order valence-corrected chi connectivity index (χ0v) is 12.4. The highest BCUT2D eigenvalue weighted by molar-refractivity contribution is 5.51. The molecule has 0 radical (unpaired) electrons. The quantitative estimate of drug-likeness (QED) is 0.902. The average Bonchev–Trinajstić information content (AvgIpc) is 3.09. The van der Waals surface area contributed by atoms with Gasteiger partial charge in [-0.3, -0.25) is 0 Å². The largest absolute Gasteiger partial charge is 0.388 e. The molecule has 1 aliphatic rings. The first-order chi connectivity index (χ1) is 10.3. The molecule has 1 aliphatic heterocycles. The minimum atomic E-state index is -0.571. The van der Waals surface area contributed by atoms with Crippen LogP contribution in [-0.4, -0.2) is 25.2 Å². The van der Waals surface area contributed by atoms with E-state index in [9.17, 15) is 5.11 Å². The van der Waals surface area contributed by atoms with E-state index in [1.54, 1.807) is 0 Å². The Morgan fingerprint density at radius 2 is 1.71 bits per heavy atom. The van der Waals surface area contributed by atoms with Crippen molar-refractivity contribution < 1.29 is 5.11 Å².